The Morgan fingerprint density at radius 1 is 1.33 bits per heavy atom. The molecule has 1 unspecified atom stereocenters. The van der Waals surface area contributed by atoms with Gasteiger partial charge in [-0.1, -0.05) is 6.92 Å². The van der Waals surface area contributed by atoms with Crippen LogP contribution in [-0.2, 0) is 11.3 Å². The van der Waals surface area contributed by atoms with Crippen molar-refractivity contribution in [3.8, 4) is 0 Å². The normalized spacial score (nSPS) is 35.2. The maximum atomic E-state index is 12.6. The van der Waals surface area contributed by atoms with Crippen molar-refractivity contribution in [1.29, 1.82) is 0 Å². The Balaban J connectivity index is 1.45. The van der Waals surface area contributed by atoms with Crippen molar-refractivity contribution in [3.63, 3.8) is 0 Å². The molecule has 1 heterocycles. The lowest BCUT2D eigenvalue weighted by molar-refractivity contribution is -0.127. The number of aromatic nitrogens is 2. The van der Waals surface area contributed by atoms with E-state index in [9.17, 15) is 4.79 Å². The average Bonchev–Trinajstić information content (AvgIpc) is 2.81. The van der Waals surface area contributed by atoms with E-state index >= 15 is 0 Å². The number of aryl methyl sites for hydroxylation is 1. The molecule has 4 saturated carbocycles. The Hall–Kier alpha value is -0.840. The zero-order valence-corrected chi connectivity index (χ0v) is 16.3. The van der Waals surface area contributed by atoms with Crippen LogP contribution in [0.3, 0.4) is 0 Å². The van der Waals surface area contributed by atoms with Crippen molar-refractivity contribution >= 4 is 21.8 Å². The first-order valence-electron chi connectivity index (χ1n) is 9.46. The van der Waals surface area contributed by atoms with E-state index in [1.165, 1.54) is 38.5 Å². The highest BCUT2D eigenvalue weighted by Gasteiger charge is 2.53. The third kappa shape index (κ3) is 2.93. The molecule has 1 atom stereocenters. The molecule has 4 aliphatic rings. The Morgan fingerprint density at radius 3 is 2.38 bits per heavy atom. The number of carbonyl (C=O) groups excluding carboxylic acids is 1. The van der Waals surface area contributed by atoms with Gasteiger partial charge < -0.3 is 5.32 Å². The van der Waals surface area contributed by atoms with Crippen LogP contribution in [0.15, 0.2) is 10.7 Å². The first-order chi connectivity index (χ1) is 11.5. The summed E-state index contributed by atoms with van der Waals surface area (Å²) in [6.07, 6.45) is 11.3. The van der Waals surface area contributed by atoms with Crippen LogP contribution in [0.5, 0.6) is 0 Å². The topological polar surface area (TPSA) is 46.9 Å². The maximum absolute atomic E-state index is 12.6. The zero-order valence-electron chi connectivity index (χ0n) is 14.7. The highest BCUT2D eigenvalue weighted by molar-refractivity contribution is 9.10. The smallest absolute Gasteiger partial charge is 0.241 e. The summed E-state index contributed by atoms with van der Waals surface area (Å²) >= 11 is 3.46. The van der Waals surface area contributed by atoms with Gasteiger partial charge in [0.2, 0.25) is 5.91 Å². The number of nitrogens with one attached hydrogen (secondary N) is 1. The fourth-order valence-electron chi connectivity index (χ4n) is 6.25. The third-order valence-electron chi connectivity index (χ3n) is 6.76. The second-order valence-electron chi connectivity index (χ2n) is 8.57. The van der Waals surface area contributed by atoms with Crippen LogP contribution in [0, 0.1) is 30.1 Å². The summed E-state index contributed by atoms with van der Waals surface area (Å²) in [5.41, 5.74) is 1.30. The molecule has 24 heavy (non-hydrogen) atoms. The Labute approximate surface area is 152 Å². The monoisotopic (exact) mass is 393 g/mol. The van der Waals surface area contributed by atoms with E-state index in [4.69, 9.17) is 0 Å². The summed E-state index contributed by atoms with van der Waals surface area (Å²) in [5.74, 6) is 2.87. The van der Waals surface area contributed by atoms with Crippen molar-refractivity contribution in [2.24, 2.45) is 23.2 Å². The highest BCUT2D eigenvalue weighted by Crippen LogP contribution is 2.61. The van der Waals surface area contributed by atoms with Gasteiger partial charge >= 0.3 is 0 Å². The Kier molecular flexibility index (Phi) is 4.26. The summed E-state index contributed by atoms with van der Waals surface area (Å²) in [7, 11) is 0. The highest BCUT2D eigenvalue weighted by atomic mass is 79.9. The molecule has 4 nitrogen and oxygen atoms in total. The summed E-state index contributed by atoms with van der Waals surface area (Å²) in [4.78, 5) is 12.6. The molecule has 0 spiro atoms. The van der Waals surface area contributed by atoms with E-state index in [1.54, 1.807) is 4.68 Å². The van der Waals surface area contributed by atoms with Crippen molar-refractivity contribution in [3.05, 3.63) is 16.4 Å². The predicted molar refractivity (Wildman–Crippen MR) is 97.5 cm³/mol. The van der Waals surface area contributed by atoms with Crippen LogP contribution in [-0.4, -0.2) is 21.7 Å². The van der Waals surface area contributed by atoms with Gasteiger partial charge in [-0.3, -0.25) is 9.48 Å². The summed E-state index contributed by atoms with van der Waals surface area (Å²) in [5, 5.41) is 7.77. The minimum atomic E-state index is 0.104. The van der Waals surface area contributed by atoms with Gasteiger partial charge in [0.15, 0.2) is 0 Å². The number of nitrogens with zero attached hydrogens (tertiary/aromatic N) is 2. The molecule has 5 heteroatoms. The van der Waals surface area contributed by atoms with Gasteiger partial charge in [-0.15, -0.1) is 0 Å². The van der Waals surface area contributed by atoms with Gasteiger partial charge in [-0.05, 0) is 91.0 Å². The summed E-state index contributed by atoms with van der Waals surface area (Å²) in [6.45, 7) is 4.50. The molecule has 1 amide bonds. The van der Waals surface area contributed by atoms with Crippen molar-refractivity contribution in [2.75, 3.05) is 0 Å². The zero-order chi connectivity index (χ0) is 16.9. The first-order valence-corrected chi connectivity index (χ1v) is 10.3. The second kappa shape index (κ2) is 6.15. The van der Waals surface area contributed by atoms with Crippen LogP contribution in [0.2, 0.25) is 0 Å². The minimum Gasteiger partial charge on any atom is -0.351 e. The molecule has 1 aromatic rings. The maximum Gasteiger partial charge on any atom is 0.241 e. The lowest BCUT2D eigenvalue weighted by atomic mass is 9.47. The number of halogens is 1. The molecule has 0 aliphatic heterocycles. The molecule has 1 aromatic heterocycles. The number of hydrogen-bond acceptors (Lipinski definition) is 2. The van der Waals surface area contributed by atoms with E-state index in [1.807, 2.05) is 13.1 Å². The number of carbonyl (C=O) groups is 1. The van der Waals surface area contributed by atoms with E-state index in [-0.39, 0.29) is 5.91 Å². The minimum absolute atomic E-state index is 0.104. The van der Waals surface area contributed by atoms with Gasteiger partial charge in [-0.25, -0.2) is 0 Å². The molecule has 4 aliphatic carbocycles. The summed E-state index contributed by atoms with van der Waals surface area (Å²) in [6, 6.07) is 0.332. The van der Waals surface area contributed by atoms with Crippen molar-refractivity contribution in [1.82, 2.24) is 15.1 Å². The van der Waals surface area contributed by atoms with Crippen LogP contribution in [0.4, 0.5) is 0 Å². The van der Waals surface area contributed by atoms with Crippen LogP contribution < -0.4 is 5.32 Å². The molecule has 1 N–H and O–H groups in total. The lowest BCUT2D eigenvalue weighted by Crippen LogP contribution is -2.57. The van der Waals surface area contributed by atoms with Gasteiger partial charge in [0.05, 0.1) is 10.2 Å². The average molecular weight is 394 g/mol. The van der Waals surface area contributed by atoms with Gasteiger partial charge in [0.25, 0.3) is 0 Å². The SMILES string of the molecule is CCC(NC(=O)Cn1cc(Br)c(C)n1)C12CC3CC(CC(C3)C1)C2. The van der Waals surface area contributed by atoms with Crippen LogP contribution >= 0.6 is 15.9 Å². The molecule has 0 saturated heterocycles. The van der Waals surface area contributed by atoms with Gasteiger partial charge in [-0.2, -0.15) is 5.10 Å². The van der Waals surface area contributed by atoms with Crippen LogP contribution in [0.25, 0.3) is 0 Å². The molecule has 5 rings (SSSR count). The molecule has 132 valence electrons. The van der Waals surface area contributed by atoms with Crippen molar-refractivity contribution < 1.29 is 4.79 Å². The number of hydrogen-bond donors (Lipinski definition) is 1. The Morgan fingerprint density at radius 2 is 1.92 bits per heavy atom. The van der Waals surface area contributed by atoms with E-state index in [0.717, 1.165) is 34.3 Å². The molecule has 0 radical (unpaired) electrons. The fraction of sp³-hybridized carbons (Fsp3) is 0.789. The molecular weight excluding hydrogens is 366 g/mol. The quantitative estimate of drug-likeness (QED) is 0.819. The third-order valence-corrected chi connectivity index (χ3v) is 7.54. The van der Waals surface area contributed by atoms with E-state index in [2.05, 4.69) is 33.3 Å². The molecule has 0 aromatic carbocycles. The lowest BCUT2D eigenvalue weighted by Gasteiger charge is -2.59. The second-order valence-corrected chi connectivity index (χ2v) is 9.42. The van der Waals surface area contributed by atoms with E-state index < -0.39 is 0 Å². The first kappa shape index (κ1) is 16.6. The largest absolute Gasteiger partial charge is 0.351 e. The fourth-order valence-corrected chi connectivity index (χ4v) is 6.57. The molecule has 4 fully saturated rings. The standard InChI is InChI=1S/C19H28BrN3O/c1-3-17(21-18(24)11-23-10-16(20)12(2)22-23)19-7-13-4-14(8-19)6-15(5-13)9-19/h10,13-15,17H,3-9,11H2,1-2H3,(H,21,24). The number of rotatable bonds is 5. The van der Waals surface area contributed by atoms with E-state index in [0.29, 0.717) is 18.0 Å². The number of amides is 1. The molecule has 4 bridgehead atoms. The Bertz CT molecular complexity index is 584. The van der Waals surface area contributed by atoms with Crippen LogP contribution in [0.1, 0.15) is 57.6 Å². The van der Waals surface area contributed by atoms with Gasteiger partial charge in [0.1, 0.15) is 6.54 Å². The van der Waals surface area contributed by atoms with Gasteiger partial charge in [0, 0.05) is 12.2 Å². The predicted octanol–water partition coefficient (Wildman–Crippen LogP) is 4.07. The summed E-state index contributed by atoms with van der Waals surface area (Å²) < 4.78 is 2.70. The van der Waals surface area contributed by atoms with Crippen molar-refractivity contribution in [2.45, 2.75) is 71.4 Å². The molecular formula is C19H28BrN3O.